The van der Waals surface area contributed by atoms with Gasteiger partial charge in [-0.05, 0) is 30.5 Å². The highest BCUT2D eigenvalue weighted by atomic mass is 16.5. The number of hydrogen-bond donors (Lipinski definition) is 2. The zero-order chi connectivity index (χ0) is 10.6. The van der Waals surface area contributed by atoms with E-state index >= 15 is 0 Å². The average Bonchev–Trinajstić information content (AvgIpc) is 2.20. The molecule has 1 atom stereocenters. The Morgan fingerprint density at radius 3 is 2.64 bits per heavy atom. The molecule has 0 heterocycles. The molecule has 0 aliphatic heterocycles. The van der Waals surface area contributed by atoms with Gasteiger partial charge in [0.25, 0.3) is 0 Å². The molecular weight excluding hydrogens is 176 g/mol. The Hall–Kier alpha value is -1.06. The highest BCUT2D eigenvalue weighted by Gasteiger charge is 2.08. The molecule has 0 bridgehead atoms. The zero-order valence-corrected chi connectivity index (χ0v) is 9.00. The van der Waals surface area contributed by atoms with E-state index in [0.717, 1.165) is 17.7 Å². The molecule has 0 aliphatic rings. The van der Waals surface area contributed by atoms with Crippen molar-refractivity contribution < 1.29 is 4.74 Å². The van der Waals surface area contributed by atoms with Crippen molar-refractivity contribution in [2.24, 2.45) is 5.84 Å². The summed E-state index contributed by atoms with van der Waals surface area (Å²) in [7, 11) is 1.68. The summed E-state index contributed by atoms with van der Waals surface area (Å²) in [5.41, 5.74) is 5.13. The quantitative estimate of drug-likeness (QED) is 0.568. The summed E-state index contributed by atoms with van der Waals surface area (Å²) in [6.45, 7) is 4.13. The molecular formula is C11H18N2O. The van der Waals surface area contributed by atoms with Crippen molar-refractivity contribution in [1.29, 1.82) is 0 Å². The lowest BCUT2D eigenvalue weighted by atomic mass is 10.0. The van der Waals surface area contributed by atoms with Gasteiger partial charge in [0.05, 0.1) is 7.11 Å². The summed E-state index contributed by atoms with van der Waals surface area (Å²) in [6, 6.07) is 6.34. The van der Waals surface area contributed by atoms with Gasteiger partial charge in [0.2, 0.25) is 0 Å². The number of hydrogen-bond acceptors (Lipinski definition) is 3. The third-order valence-corrected chi connectivity index (χ3v) is 2.43. The van der Waals surface area contributed by atoms with Gasteiger partial charge in [0.15, 0.2) is 0 Å². The van der Waals surface area contributed by atoms with E-state index in [4.69, 9.17) is 10.6 Å². The third kappa shape index (κ3) is 2.25. The number of methoxy groups -OCH3 is 1. The van der Waals surface area contributed by atoms with Crippen LogP contribution < -0.4 is 16.0 Å². The Morgan fingerprint density at radius 2 is 2.21 bits per heavy atom. The Kier molecular flexibility index (Phi) is 3.92. The normalized spacial score (nSPS) is 12.6. The second-order valence-electron chi connectivity index (χ2n) is 3.36. The zero-order valence-electron chi connectivity index (χ0n) is 9.00. The molecule has 0 aromatic heterocycles. The summed E-state index contributed by atoms with van der Waals surface area (Å²) in [5, 5.41) is 0. The van der Waals surface area contributed by atoms with E-state index in [1.807, 2.05) is 19.1 Å². The van der Waals surface area contributed by atoms with Gasteiger partial charge in [-0.2, -0.15) is 0 Å². The predicted molar refractivity (Wildman–Crippen MR) is 58.1 cm³/mol. The van der Waals surface area contributed by atoms with Crippen LogP contribution in [-0.2, 0) is 0 Å². The fourth-order valence-corrected chi connectivity index (χ4v) is 1.57. The minimum Gasteiger partial charge on any atom is -0.496 e. The number of nitrogens with two attached hydrogens (primary N) is 1. The van der Waals surface area contributed by atoms with E-state index in [-0.39, 0.29) is 6.04 Å². The van der Waals surface area contributed by atoms with Crippen LogP contribution in [-0.4, -0.2) is 7.11 Å². The largest absolute Gasteiger partial charge is 0.496 e. The molecule has 1 rings (SSSR count). The number of benzene rings is 1. The van der Waals surface area contributed by atoms with Crippen LogP contribution in [0.4, 0.5) is 0 Å². The van der Waals surface area contributed by atoms with E-state index in [9.17, 15) is 0 Å². The first-order valence-corrected chi connectivity index (χ1v) is 4.83. The summed E-state index contributed by atoms with van der Waals surface area (Å²) in [6.07, 6.45) is 0.974. The summed E-state index contributed by atoms with van der Waals surface area (Å²) in [5.74, 6) is 6.37. The van der Waals surface area contributed by atoms with Crippen LogP contribution in [0.1, 0.15) is 30.5 Å². The van der Waals surface area contributed by atoms with E-state index < -0.39 is 0 Å². The van der Waals surface area contributed by atoms with Gasteiger partial charge in [0, 0.05) is 6.04 Å². The van der Waals surface area contributed by atoms with Crippen LogP contribution >= 0.6 is 0 Å². The van der Waals surface area contributed by atoms with Gasteiger partial charge in [0.1, 0.15) is 5.75 Å². The van der Waals surface area contributed by atoms with E-state index in [1.165, 1.54) is 5.56 Å². The molecule has 0 amide bonds. The standard InChI is InChI=1S/C11H18N2O/c1-4-10(13-12)9-5-6-11(14-3)8(2)7-9/h5-7,10,13H,4,12H2,1-3H3. The number of rotatable bonds is 4. The van der Waals surface area contributed by atoms with Crippen LogP contribution in [0, 0.1) is 6.92 Å². The minimum atomic E-state index is 0.222. The summed E-state index contributed by atoms with van der Waals surface area (Å²) < 4.78 is 5.20. The molecule has 1 unspecified atom stereocenters. The molecule has 0 fully saturated rings. The van der Waals surface area contributed by atoms with Crippen molar-refractivity contribution in [3.05, 3.63) is 29.3 Å². The Bertz CT molecular complexity index is 295. The number of nitrogens with one attached hydrogen (secondary N) is 1. The molecule has 0 saturated heterocycles. The van der Waals surface area contributed by atoms with Gasteiger partial charge >= 0.3 is 0 Å². The fourth-order valence-electron chi connectivity index (χ4n) is 1.57. The molecule has 0 spiro atoms. The van der Waals surface area contributed by atoms with E-state index in [2.05, 4.69) is 18.4 Å². The fraction of sp³-hybridized carbons (Fsp3) is 0.455. The van der Waals surface area contributed by atoms with Crippen molar-refractivity contribution in [2.45, 2.75) is 26.3 Å². The van der Waals surface area contributed by atoms with Crippen molar-refractivity contribution in [1.82, 2.24) is 5.43 Å². The summed E-state index contributed by atoms with van der Waals surface area (Å²) >= 11 is 0. The second-order valence-corrected chi connectivity index (χ2v) is 3.36. The maximum absolute atomic E-state index is 5.45. The maximum Gasteiger partial charge on any atom is 0.121 e. The molecule has 3 N–H and O–H groups in total. The lowest BCUT2D eigenvalue weighted by Gasteiger charge is -2.15. The maximum atomic E-state index is 5.45. The van der Waals surface area contributed by atoms with Gasteiger partial charge in [-0.15, -0.1) is 0 Å². The highest BCUT2D eigenvalue weighted by Crippen LogP contribution is 2.23. The van der Waals surface area contributed by atoms with Crippen molar-refractivity contribution in [3.8, 4) is 5.75 Å². The van der Waals surface area contributed by atoms with Crippen LogP contribution in [0.5, 0.6) is 5.75 Å². The highest BCUT2D eigenvalue weighted by molar-refractivity contribution is 5.37. The lowest BCUT2D eigenvalue weighted by molar-refractivity contribution is 0.411. The summed E-state index contributed by atoms with van der Waals surface area (Å²) in [4.78, 5) is 0. The molecule has 1 aromatic rings. The SMILES string of the molecule is CCC(NN)c1ccc(OC)c(C)c1. The second kappa shape index (κ2) is 4.98. The molecule has 1 aromatic carbocycles. The van der Waals surface area contributed by atoms with Gasteiger partial charge < -0.3 is 4.74 Å². The first kappa shape index (κ1) is 11.0. The van der Waals surface area contributed by atoms with E-state index in [1.54, 1.807) is 7.11 Å². The molecule has 0 aliphatic carbocycles. The Morgan fingerprint density at radius 1 is 1.50 bits per heavy atom. The Labute approximate surface area is 85.2 Å². The molecule has 0 saturated carbocycles. The monoisotopic (exact) mass is 194 g/mol. The van der Waals surface area contributed by atoms with Gasteiger partial charge in [-0.1, -0.05) is 19.1 Å². The first-order valence-electron chi connectivity index (χ1n) is 4.83. The van der Waals surface area contributed by atoms with E-state index in [0.29, 0.717) is 0 Å². The lowest BCUT2D eigenvalue weighted by Crippen LogP contribution is -2.27. The number of ether oxygens (including phenoxy) is 1. The molecule has 3 heteroatoms. The van der Waals surface area contributed by atoms with Crippen LogP contribution in [0.15, 0.2) is 18.2 Å². The third-order valence-electron chi connectivity index (χ3n) is 2.43. The van der Waals surface area contributed by atoms with Crippen molar-refractivity contribution in [3.63, 3.8) is 0 Å². The number of hydrazine groups is 1. The van der Waals surface area contributed by atoms with Gasteiger partial charge in [-0.3, -0.25) is 11.3 Å². The van der Waals surface area contributed by atoms with Crippen LogP contribution in [0.25, 0.3) is 0 Å². The Balaban J connectivity index is 2.95. The molecule has 78 valence electrons. The van der Waals surface area contributed by atoms with Gasteiger partial charge in [-0.25, -0.2) is 0 Å². The van der Waals surface area contributed by atoms with Crippen molar-refractivity contribution in [2.75, 3.05) is 7.11 Å². The van der Waals surface area contributed by atoms with Crippen LogP contribution in [0.3, 0.4) is 0 Å². The molecule has 14 heavy (non-hydrogen) atoms. The number of aryl methyl sites for hydroxylation is 1. The van der Waals surface area contributed by atoms with Crippen molar-refractivity contribution >= 4 is 0 Å². The molecule has 0 radical (unpaired) electrons. The van der Waals surface area contributed by atoms with Crippen LogP contribution in [0.2, 0.25) is 0 Å². The average molecular weight is 194 g/mol. The topological polar surface area (TPSA) is 47.3 Å². The minimum absolute atomic E-state index is 0.222. The molecule has 3 nitrogen and oxygen atoms in total. The smallest absolute Gasteiger partial charge is 0.121 e. The first-order chi connectivity index (χ1) is 6.72. The predicted octanol–water partition coefficient (Wildman–Crippen LogP) is 1.92.